The molecule has 0 saturated heterocycles. The molecule has 1 aliphatic carbocycles. The van der Waals surface area contributed by atoms with Gasteiger partial charge in [-0.3, -0.25) is 9.97 Å². The molecule has 0 bridgehead atoms. The second kappa shape index (κ2) is 17.8. The van der Waals surface area contributed by atoms with Crippen LogP contribution in [0.2, 0.25) is 0 Å². The van der Waals surface area contributed by atoms with Crippen LogP contribution in [0, 0.1) is 0 Å². The fourth-order valence-corrected chi connectivity index (χ4v) is 12.2. The van der Waals surface area contributed by atoms with Crippen LogP contribution in [0.1, 0.15) is 157 Å². The highest BCUT2D eigenvalue weighted by atomic mass is 15.2. The van der Waals surface area contributed by atoms with Crippen molar-refractivity contribution in [3.63, 3.8) is 0 Å². The van der Waals surface area contributed by atoms with Gasteiger partial charge in [-0.25, -0.2) is 0 Å². The van der Waals surface area contributed by atoms with Crippen molar-refractivity contribution in [3.05, 3.63) is 192 Å². The molecule has 0 radical (unpaired) electrons. The number of hydrogen-bond donors (Lipinski definition) is 0. The summed E-state index contributed by atoms with van der Waals surface area (Å²) in [5.41, 5.74) is 23.5. The van der Waals surface area contributed by atoms with E-state index in [1.165, 1.54) is 56.2 Å². The molecule has 11 rings (SSSR count). The van der Waals surface area contributed by atoms with Gasteiger partial charge in [-0.15, -0.1) is 0 Å². The van der Waals surface area contributed by atoms with E-state index in [-0.39, 0.29) is 39.2 Å². The molecule has 0 unspecified atom stereocenters. The van der Waals surface area contributed by atoms with Crippen molar-refractivity contribution in [2.24, 2.45) is 0 Å². The molecule has 2 aromatic heterocycles. The fourth-order valence-electron chi connectivity index (χ4n) is 12.2. The summed E-state index contributed by atoms with van der Waals surface area (Å²) in [4.78, 5) is 18.2. The minimum absolute atomic E-state index is 0.00912. The van der Waals surface area contributed by atoms with Crippen LogP contribution in [0.15, 0.2) is 158 Å². The van der Waals surface area contributed by atoms with Gasteiger partial charge < -0.3 is 14.7 Å². The lowest BCUT2D eigenvalue weighted by Gasteiger charge is -2.45. The topological polar surface area (TPSA) is 35.5 Å². The molecule has 2 aliphatic heterocycles. The maximum atomic E-state index is 5.35. The van der Waals surface area contributed by atoms with E-state index in [4.69, 9.17) is 9.97 Å². The number of benzene rings is 6. The van der Waals surface area contributed by atoms with E-state index in [1.807, 2.05) is 0 Å². The zero-order valence-electron chi connectivity index (χ0n) is 48.2. The average molecular weight is 1000 g/mol. The zero-order chi connectivity index (χ0) is 54.1. The van der Waals surface area contributed by atoms with E-state index in [0.29, 0.717) is 0 Å². The fraction of sp³-hybridized carbons (Fsp3) is 0.343. The Balaban J connectivity index is 1.25. The SMILES string of the molecule is CC(C)(C)c1ccc(N2c3cnc(C(C)(C)C)cc3B3c4cc(C(C)(C)C)ncc4N(c4ccc(C(C)(C)C)cc4)c4cc(N(c5ccccc5)c5ccccc5-c5ccc6c(c5)C(C)(C)CCC6(C)C)cc2c43)cc1. The first-order valence-corrected chi connectivity index (χ1v) is 27.8. The first-order valence-electron chi connectivity index (χ1n) is 27.8. The highest BCUT2D eigenvalue weighted by Crippen LogP contribution is 2.52. The van der Waals surface area contributed by atoms with Crippen molar-refractivity contribution in [2.45, 2.75) is 156 Å². The molecule has 0 saturated carbocycles. The van der Waals surface area contributed by atoms with Crippen LogP contribution >= 0.6 is 0 Å². The highest BCUT2D eigenvalue weighted by molar-refractivity contribution is 7.00. The Labute approximate surface area is 455 Å². The molecule has 6 heteroatoms. The van der Waals surface area contributed by atoms with Gasteiger partial charge in [0.1, 0.15) is 0 Å². The standard InChI is InChI=1S/C70H78BN5/c1-65(2,3)46-27-31-49(32-28-46)75-58-39-51(74(48-22-18-17-19-23-48)57-25-21-20-24-52(57)45-26-35-53-54(38-45)70(15,16)37-36-69(53,13)14)40-59-64(58)71(55-41-62(67(7,8)9)72-43-60(55)75)56-42-63(68(10,11)12)73-44-61(56)76(59)50-33-29-47(30-34-50)66(4,5)6/h17-35,38-44H,36-37H2,1-16H3. The molecule has 6 aromatic carbocycles. The normalized spacial score (nSPS) is 15.7. The predicted molar refractivity (Wildman–Crippen MR) is 326 cm³/mol. The van der Waals surface area contributed by atoms with E-state index >= 15 is 0 Å². The van der Waals surface area contributed by atoms with Gasteiger partial charge in [-0.05, 0) is 145 Å². The Morgan fingerprint density at radius 1 is 0.447 bits per heavy atom. The summed E-state index contributed by atoms with van der Waals surface area (Å²) in [6.07, 6.45) is 6.66. The number of nitrogens with zero attached hydrogens (tertiary/aromatic N) is 5. The third-order valence-electron chi connectivity index (χ3n) is 16.9. The molecular formula is C70H78BN5. The summed E-state index contributed by atoms with van der Waals surface area (Å²) >= 11 is 0. The Hall–Kier alpha value is -6.92. The van der Waals surface area contributed by atoms with Crippen LogP contribution < -0.4 is 31.1 Å². The van der Waals surface area contributed by atoms with Crippen molar-refractivity contribution in [3.8, 4) is 11.1 Å². The minimum atomic E-state index is -0.179. The van der Waals surface area contributed by atoms with E-state index < -0.39 is 0 Å². The van der Waals surface area contributed by atoms with Gasteiger partial charge >= 0.3 is 0 Å². The van der Waals surface area contributed by atoms with Crippen molar-refractivity contribution in [1.82, 2.24) is 9.97 Å². The van der Waals surface area contributed by atoms with Gasteiger partial charge in [-0.2, -0.15) is 0 Å². The second-order valence-corrected chi connectivity index (χ2v) is 27.6. The van der Waals surface area contributed by atoms with E-state index in [2.05, 4.69) is 283 Å². The second-order valence-electron chi connectivity index (χ2n) is 27.6. The monoisotopic (exact) mass is 1000 g/mol. The van der Waals surface area contributed by atoms with Crippen LogP contribution in [-0.4, -0.2) is 16.7 Å². The first-order chi connectivity index (χ1) is 35.7. The maximum Gasteiger partial charge on any atom is 0.252 e. The molecule has 0 spiro atoms. The van der Waals surface area contributed by atoms with Gasteiger partial charge in [0.05, 0.1) is 35.1 Å². The number of para-hydroxylation sites is 2. The summed E-state index contributed by atoms with van der Waals surface area (Å²) in [6, 6.07) is 55.7. The molecule has 0 amide bonds. The molecule has 4 heterocycles. The Morgan fingerprint density at radius 3 is 1.38 bits per heavy atom. The lowest BCUT2D eigenvalue weighted by atomic mass is 9.33. The third kappa shape index (κ3) is 8.84. The average Bonchev–Trinajstić information content (AvgIpc) is 3.57. The molecule has 76 heavy (non-hydrogen) atoms. The Bertz CT molecular complexity index is 3380. The van der Waals surface area contributed by atoms with E-state index in [0.717, 1.165) is 69.0 Å². The minimum Gasteiger partial charge on any atom is -0.310 e. The van der Waals surface area contributed by atoms with Crippen molar-refractivity contribution < 1.29 is 0 Å². The van der Waals surface area contributed by atoms with E-state index in [9.17, 15) is 0 Å². The molecular weight excluding hydrogens is 922 g/mol. The zero-order valence-corrected chi connectivity index (χ0v) is 48.2. The summed E-state index contributed by atoms with van der Waals surface area (Å²) in [7, 11) is 0. The summed E-state index contributed by atoms with van der Waals surface area (Å²) in [6.45, 7) is 37.0. The maximum absolute atomic E-state index is 5.35. The lowest BCUT2D eigenvalue weighted by molar-refractivity contribution is 0.332. The Kier molecular flexibility index (Phi) is 12.0. The molecule has 0 N–H and O–H groups in total. The molecule has 5 nitrogen and oxygen atoms in total. The quantitative estimate of drug-likeness (QED) is 0.155. The summed E-state index contributed by atoms with van der Waals surface area (Å²) in [5, 5.41) is 0. The van der Waals surface area contributed by atoms with Crippen LogP contribution in [-0.2, 0) is 32.5 Å². The Morgan fingerprint density at radius 2 is 0.908 bits per heavy atom. The molecule has 0 fully saturated rings. The highest BCUT2D eigenvalue weighted by Gasteiger charge is 2.46. The molecule has 8 aromatic rings. The van der Waals surface area contributed by atoms with Crippen molar-refractivity contribution in [1.29, 1.82) is 0 Å². The van der Waals surface area contributed by atoms with Crippen LogP contribution in [0.3, 0.4) is 0 Å². The number of anilines is 9. The van der Waals surface area contributed by atoms with Gasteiger partial charge in [0.15, 0.2) is 0 Å². The number of fused-ring (bicyclic) bond motifs is 5. The van der Waals surface area contributed by atoms with Crippen molar-refractivity contribution in [2.75, 3.05) is 14.7 Å². The van der Waals surface area contributed by atoms with Crippen molar-refractivity contribution >= 4 is 74.3 Å². The molecule has 3 aliphatic rings. The largest absolute Gasteiger partial charge is 0.310 e. The van der Waals surface area contributed by atoms with E-state index in [1.54, 1.807) is 0 Å². The summed E-state index contributed by atoms with van der Waals surface area (Å²) in [5.74, 6) is 0. The summed E-state index contributed by atoms with van der Waals surface area (Å²) < 4.78 is 0. The predicted octanol–water partition coefficient (Wildman–Crippen LogP) is 17.2. The van der Waals surface area contributed by atoms with Gasteiger partial charge in [0.25, 0.3) is 6.71 Å². The van der Waals surface area contributed by atoms with Crippen LogP contribution in [0.4, 0.5) is 51.2 Å². The lowest BCUT2D eigenvalue weighted by Crippen LogP contribution is -2.62. The molecule has 0 atom stereocenters. The first kappa shape index (κ1) is 51.2. The number of aromatic nitrogens is 2. The smallest absolute Gasteiger partial charge is 0.252 e. The number of hydrogen-bond acceptors (Lipinski definition) is 5. The molecule has 386 valence electrons. The van der Waals surface area contributed by atoms with Gasteiger partial charge in [-0.1, -0.05) is 190 Å². The number of rotatable bonds is 6. The van der Waals surface area contributed by atoms with Gasteiger partial charge in [0.2, 0.25) is 0 Å². The van der Waals surface area contributed by atoms with Crippen LogP contribution in [0.25, 0.3) is 11.1 Å². The van der Waals surface area contributed by atoms with Gasteiger partial charge in [0, 0.05) is 56.2 Å². The number of pyridine rings is 2. The third-order valence-corrected chi connectivity index (χ3v) is 16.9. The van der Waals surface area contributed by atoms with Crippen LogP contribution in [0.5, 0.6) is 0 Å².